The Morgan fingerprint density at radius 2 is 1.25 bits per heavy atom. The molecule has 0 aliphatic heterocycles. The van der Waals surface area contributed by atoms with E-state index in [0.717, 1.165) is 6.07 Å². The van der Waals surface area contributed by atoms with E-state index in [1.54, 1.807) is 0 Å². The van der Waals surface area contributed by atoms with Crippen LogP contribution < -0.4 is 16.4 Å². The number of ketones is 2. The molecule has 0 unspecified atom stereocenters. The molecule has 4 aromatic rings. The highest BCUT2D eigenvalue weighted by Crippen LogP contribution is 2.44. The van der Waals surface area contributed by atoms with Gasteiger partial charge in [0, 0.05) is 16.8 Å². The lowest BCUT2D eigenvalue weighted by Gasteiger charge is -2.26. The number of hydrogen-bond donors (Lipinski definition) is 5. The van der Waals surface area contributed by atoms with Gasteiger partial charge in [0.1, 0.15) is 9.79 Å². The molecule has 0 amide bonds. The van der Waals surface area contributed by atoms with Crippen LogP contribution in [0.1, 0.15) is 48.5 Å². The topological polar surface area (TPSA) is 232 Å². The summed E-state index contributed by atoms with van der Waals surface area (Å²) in [6, 6.07) is 6.67. The molecule has 0 saturated carbocycles. The van der Waals surface area contributed by atoms with E-state index >= 15 is 0 Å². The Morgan fingerprint density at radius 1 is 0.750 bits per heavy atom. The first-order chi connectivity index (χ1) is 20.4. The monoisotopic (exact) mass is 678 g/mol. The van der Waals surface area contributed by atoms with Crippen molar-refractivity contribution < 1.29 is 35.5 Å². The lowest BCUT2D eigenvalue weighted by atomic mass is 9.82. The minimum absolute atomic E-state index is 0.00831. The van der Waals surface area contributed by atoms with Crippen LogP contribution in [0.3, 0.4) is 0 Å². The van der Waals surface area contributed by atoms with E-state index in [2.05, 4.69) is 25.6 Å². The molecule has 5 rings (SSSR count). The Kier molecular flexibility index (Phi) is 7.64. The zero-order chi connectivity index (χ0) is 32.5. The van der Waals surface area contributed by atoms with Gasteiger partial charge in [-0.1, -0.05) is 24.3 Å². The van der Waals surface area contributed by atoms with Gasteiger partial charge in [0.2, 0.25) is 16.5 Å². The fourth-order valence-electron chi connectivity index (χ4n) is 5.19. The summed E-state index contributed by atoms with van der Waals surface area (Å²) in [7, 11) is -9.94. The van der Waals surface area contributed by atoms with Gasteiger partial charge in [0.25, 0.3) is 20.2 Å². The van der Waals surface area contributed by atoms with Gasteiger partial charge in [-0.15, -0.1) is 0 Å². The number of nitrogens with one attached hydrogen (secondary N) is 2. The fraction of sp³-hybridized carbons (Fsp3) is 0.115. The molecule has 1 aliphatic carbocycles. The summed E-state index contributed by atoms with van der Waals surface area (Å²) in [6.07, 6.45) is 0. The number of rotatable bonds is 6. The molecular formula is C26H20Cl2N6O8S2. The van der Waals surface area contributed by atoms with E-state index in [4.69, 9.17) is 28.9 Å². The van der Waals surface area contributed by atoms with Gasteiger partial charge in [-0.2, -0.15) is 31.8 Å². The summed E-state index contributed by atoms with van der Waals surface area (Å²) in [6.45, 7) is 4.26. The Labute approximate surface area is 260 Å². The lowest BCUT2D eigenvalue weighted by Crippen LogP contribution is -2.25. The quantitative estimate of drug-likeness (QED) is 0.123. The van der Waals surface area contributed by atoms with E-state index in [9.17, 15) is 35.5 Å². The molecule has 14 nitrogen and oxygen atoms in total. The molecule has 0 radical (unpaired) electrons. The second-order valence-corrected chi connectivity index (χ2v) is 13.1. The number of carbonyl (C=O) groups is 2. The number of anilines is 5. The fourth-order valence-corrected chi connectivity index (χ4v) is 7.18. The third-order valence-electron chi connectivity index (χ3n) is 6.99. The normalized spacial score (nSPS) is 13.0. The predicted octanol–water partition coefficient (Wildman–Crippen LogP) is 4.44. The van der Waals surface area contributed by atoms with Crippen molar-refractivity contribution in [3.05, 3.63) is 79.8 Å². The maximum Gasteiger partial charge on any atom is 0.296 e. The number of aromatic nitrogens is 3. The first-order valence-corrected chi connectivity index (χ1v) is 15.9. The second-order valence-electron chi connectivity index (χ2n) is 9.64. The molecule has 0 spiro atoms. The average molecular weight is 680 g/mol. The van der Waals surface area contributed by atoms with Crippen molar-refractivity contribution in [2.75, 3.05) is 16.4 Å². The van der Waals surface area contributed by atoms with Gasteiger partial charge in [0.15, 0.2) is 11.6 Å². The zero-order valence-electron chi connectivity index (χ0n) is 22.7. The summed E-state index contributed by atoms with van der Waals surface area (Å²) in [5.74, 6) is -1.66. The predicted molar refractivity (Wildman–Crippen MR) is 161 cm³/mol. The first kappa shape index (κ1) is 31.2. The minimum Gasteiger partial charge on any atom is -0.397 e. The molecule has 0 bridgehead atoms. The van der Waals surface area contributed by atoms with Crippen LogP contribution in [0, 0.1) is 20.8 Å². The van der Waals surface area contributed by atoms with E-state index in [-0.39, 0.29) is 67.0 Å². The van der Waals surface area contributed by atoms with Crippen LogP contribution >= 0.6 is 23.2 Å². The molecule has 6 N–H and O–H groups in total. The molecule has 1 aromatic heterocycles. The summed E-state index contributed by atoms with van der Waals surface area (Å²) < 4.78 is 70.0. The molecule has 228 valence electrons. The number of benzene rings is 3. The van der Waals surface area contributed by atoms with E-state index in [1.807, 2.05) is 0 Å². The Morgan fingerprint density at radius 3 is 1.75 bits per heavy atom. The maximum atomic E-state index is 13.7. The number of nitrogens with two attached hydrogens (primary N) is 1. The molecule has 0 fully saturated rings. The number of fused-ring (bicyclic) bond motifs is 2. The largest absolute Gasteiger partial charge is 0.397 e. The zero-order valence-corrected chi connectivity index (χ0v) is 25.9. The van der Waals surface area contributed by atoms with Crippen molar-refractivity contribution in [1.29, 1.82) is 0 Å². The highest BCUT2D eigenvalue weighted by molar-refractivity contribution is 7.86. The molecule has 18 heteroatoms. The summed E-state index contributed by atoms with van der Waals surface area (Å²) in [4.78, 5) is 37.3. The van der Waals surface area contributed by atoms with Crippen molar-refractivity contribution in [3.8, 4) is 0 Å². The standard InChI is InChI=1S/C26H20Cl2N6O8S2/c1-9-19(10(2)23(44(40,41)42)11(3)20(9)31-26-33-24(27)32-25(28)34-26)30-14-8-15(43(37,38)39)18(29)17-16(14)21(35)12-6-4-5-7-13(12)22(17)36/h4-8,30H,29H2,1-3H3,(H,37,38,39)(H,40,41,42)(H,31,32,33,34). The Hall–Kier alpha value is -4.19. The van der Waals surface area contributed by atoms with Gasteiger partial charge < -0.3 is 16.4 Å². The smallest absolute Gasteiger partial charge is 0.296 e. The molecule has 0 saturated heterocycles. The van der Waals surface area contributed by atoms with E-state index < -0.39 is 52.8 Å². The molecular weight excluding hydrogens is 659 g/mol. The maximum absolute atomic E-state index is 13.7. The van der Waals surface area contributed by atoms with Crippen LogP contribution in [0.5, 0.6) is 0 Å². The van der Waals surface area contributed by atoms with Crippen molar-refractivity contribution in [3.63, 3.8) is 0 Å². The van der Waals surface area contributed by atoms with Gasteiger partial charge in [-0.3, -0.25) is 18.7 Å². The third kappa shape index (κ3) is 5.25. The second kappa shape index (κ2) is 10.8. The van der Waals surface area contributed by atoms with E-state index in [1.165, 1.54) is 45.0 Å². The molecule has 1 aliphatic rings. The third-order valence-corrected chi connectivity index (χ3v) is 9.35. The minimum atomic E-state index is -5.04. The molecule has 44 heavy (non-hydrogen) atoms. The molecule has 3 aromatic carbocycles. The Bertz CT molecular complexity index is 2170. The van der Waals surface area contributed by atoms with E-state index in [0.29, 0.717) is 0 Å². The summed E-state index contributed by atoms with van der Waals surface area (Å²) >= 11 is 11.8. The van der Waals surface area contributed by atoms with Crippen molar-refractivity contribution in [2.24, 2.45) is 0 Å². The van der Waals surface area contributed by atoms with Crippen LogP contribution in [0.4, 0.5) is 28.7 Å². The average Bonchev–Trinajstić information content (AvgIpc) is 2.90. The number of carbonyl (C=O) groups excluding carboxylic acids is 2. The van der Waals surface area contributed by atoms with Gasteiger partial charge in [0.05, 0.1) is 28.2 Å². The number of nitrogens with zero attached hydrogens (tertiary/aromatic N) is 3. The van der Waals surface area contributed by atoms with Crippen molar-refractivity contribution >= 4 is 83.7 Å². The number of nitrogen functional groups attached to an aromatic ring is 1. The van der Waals surface area contributed by atoms with Gasteiger partial charge in [-0.25, -0.2) is 0 Å². The summed E-state index contributed by atoms with van der Waals surface area (Å²) in [5, 5.41) is 5.09. The first-order valence-electron chi connectivity index (χ1n) is 12.3. The summed E-state index contributed by atoms with van der Waals surface area (Å²) in [5.41, 5.74) is 4.53. The van der Waals surface area contributed by atoms with Crippen LogP contribution in [-0.4, -0.2) is 52.5 Å². The Balaban J connectivity index is 1.82. The number of halogens is 2. The molecule has 1 heterocycles. The van der Waals surface area contributed by atoms with Crippen LogP contribution in [-0.2, 0) is 20.2 Å². The number of hydrogen-bond acceptors (Lipinski definition) is 12. The molecule has 0 atom stereocenters. The van der Waals surface area contributed by atoms with Crippen molar-refractivity contribution in [1.82, 2.24) is 15.0 Å². The highest BCUT2D eigenvalue weighted by atomic mass is 35.5. The van der Waals surface area contributed by atoms with Gasteiger partial charge >= 0.3 is 0 Å². The van der Waals surface area contributed by atoms with Crippen LogP contribution in [0.15, 0.2) is 40.1 Å². The highest BCUT2D eigenvalue weighted by Gasteiger charge is 2.37. The van der Waals surface area contributed by atoms with Gasteiger partial charge in [-0.05, 0) is 66.7 Å². The van der Waals surface area contributed by atoms with Crippen LogP contribution in [0.25, 0.3) is 0 Å². The van der Waals surface area contributed by atoms with Crippen LogP contribution in [0.2, 0.25) is 10.6 Å². The van der Waals surface area contributed by atoms with Crippen molar-refractivity contribution in [2.45, 2.75) is 30.6 Å². The lowest BCUT2D eigenvalue weighted by molar-refractivity contribution is 0.0980. The SMILES string of the molecule is Cc1c(Nc2nc(Cl)nc(Cl)n2)c(C)c(S(=O)(=O)O)c(C)c1Nc1cc(S(=O)(=O)O)c(N)c2c1C(=O)c1ccccc1C2=O.